The zero-order valence-electron chi connectivity index (χ0n) is 16.2. The van der Waals surface area contributed by atoms with E-state index in [-0.39, 0.29) is 24.3 Å². The predicted octanol–water partition coefficient (Wildman–Crippen LogP) is 2.64. The van der Waals surface area contributed by atoms with Crippen LogP contribution in [0.4, 0.5) is 5.69 Å². The molecule has 2 heterocycles. The molecule has 1 aliphatic carbocycles. The van der Waals surface area contributed by atoms with Crippen LogP contribution in [0, 0.1) is 0 Å². The van der Waals surface area contributed by atoms with Gasteiger partial charge in [-0.25, -0.2) is 0 Å². The molecule has 1 aromatic rings. The average molecular weight is 381 g/mol. The van der Waals surface area contributed by atoms with Crippen molar-refractivity contribution in [3.05, 3.63) is 41.5 Å². The molecule has 148 valence electrons. The summed E-state index contributed by atoms with van der Waals surface area (Å²) in [6.45, 7) is 1.13. The van der Waals surface area contributed by atoms with Crippen LogP contribution in [-0.2, 0) is 9.59 Å². The summed E-state index contributed by atoms with van der Waals surface area (Å²) in [5.41, 5.74) is 2.45. The zero-order valence-corrected chi connectivity index (χ0v) is 16.2. The molecule has 6 heteroatoms. The van der Waals surface area contributed by atoms with Crippen molar-refractivity contribution < 1.29 is 14.4 Å². The van der Waals surface area contributed by atoms with Crippen molar-refractivity contribution in [1.29, 1.82) is 0 Å². The maximum atomic E-state index is 13.1. The quantitative estimate of drug-likeness (QED) is 0.797. The maximum Gasteiger partial charge on any atom is 0.256 e. The van der Waals surface area contributed by atoms with E-state index in [2.05, 4.69) is 11.4 Å². The van der Waals surface area contributed by atoms with E-state index in [0.717, 1.165) is 25.7 Å². The number of para-hydroxylation sites is 1. The van der Waals surface area contributed by atoms with Gasteiger partial charge in [-0.3, -0.25) is 14.4 Å². The number of carbonyl (C=O) groups excluding carboxylic acids is 3. The molecule has 0 spiro atoms. The number of amides is 3. The lowest BCUT2D eigenvalue weighted by atomic mass is 9.97. The average Bonchev–Trinajstić information content (AvgIpc) is 3.19. The van der Waals surface area contributed by atoms with E-state index in [1.54, 1.807) is 29.2 Å². The number of benzene rings is 1. The van der Waals surface area contributed by atoms with E-state index in [1.165, 1.54) is 23.3 Å². The highest BCUT2D eigenvalue weighted by molar-refractivity contribution is 6.12. The first-order valence-electron chi connectivity index (χ1n) is 10.3. The summed E-state index contributed by atoms with van der Waals surface area (Å²) in [6, 6.07) is 6.64. The molecule has 0 saturated carbocycles. The van der Waals surface area contributed by atoms with Gasteiger partial charge < -0.3 is 15.1 Å². The fourth-order valence-electron chi connectivity index (χ4n) is 4.47. The molecule has 0 unspecified atom stereocenters. The van der Waals surface area contributed by atoms with Gasteiger partial charge in [0.05, 0.1) is 11.3 Å². The SMILES string of the molecule is O=C(CN1C(=O)[C@H]2CCCN2C(=O)c2ccccc21)NCCC1=CCCCC1. The molecule has 2 aliphatic heterocycles. The number of nitrogens with one attached hydrogen (secondary N) is 1. The van der Waals surface area contributed by atoms with Crippen LogP contribution in [0.25, 0.3) is 0 Å². The summed E-state index contributed by atoms with van der Waals surface area (Å²) in [6.07, 6.45) is 9.36. The van der Waals surface area contributed by atoms with Crippen molar-refractivity contribution >= 4 is 23.4 Å². The van der Waals surface area contributed by atoms with Gasteiger partial charge in [0.1, 0.15) is 12.6 Å². The first kappa shape index (κ1) is 18.7. The molecule has 1 saturated heterocycles. The van der Waals surface area contributed by atoms with E-state index in [0.29, 0.717) is 30.8 Å². The molecular formula is C22H27N3O3. The Hall–Kier alpha value is -2.63. The summed E-state index contributed by atoms with van der Waals surface area (Å²) >= 11 is 0. The van der Waals surface area contributed by atoms with Crippen molar-refractivity contribution in [2.45, 2.75) is 51.0 Å². The summed E-state index contributed by atoms with van der Waals surface area (Å²) < 4.78 is 0. The number of hydrogen-bond donors (Lipinski definition) is 1. The third-order valence-corrected chi connectivity index (χ3v) is 5.95. The van der Waals surface area contributed by atoms with Crippen molar-refractivity contribution in [2.75, 3.05) is 24.5 Å². The maximum absolute atomic E-state index is 13.1. The highest BCUT2D eigenvalue weighted by atomic mass is 16.2. The Morgan fingerprint density at radius 1 is 1.14 bits per heavy atom. The van der Waals surface area contributed by atoms with E-state index in [4.69, 9.17) is 0 Å². The lowest BCUT2D eigenvalue weighted by Gasteiger charge is -2.25. The van der Waals surface area contributed by atoms with Crippen LogP contribution in [0.3, 0.4) is 0 Å². The lowest BCUT2D eigenvalue weighted by Crippen LogP contribution is -2.48. The first-order chi connectivity index (χ1) is 13.6. The summed E-state index contributed by atoms with van der Waals surface area (Å²) in [5.74, 6) is -0.446. The van der Waals surface area contributed by atoms with E-state index >= 15 is 0 Å². The molecule has 1 atom stereocenters. The number of carbonyl (C=O) groups is 3. The number of hydrogen-bond acceptors (Lipinski definition) is 3. The molecule has 1 N–H and O–H groups in total. The Balaban J connectivity index is 1.46. The molecule has 28 heavy (non-hydrogen) atoms. The fraction of sp³-hybridized carbons (Fsp3) is 0.500. The summed E-state index contributed by atoms with van der Waals surface area (Å²) in [7, 11) is 0. The zero-order chi connectivity index (χ0) is 19.5. The fourth-order valence-corrected chi connectivity index (χ4v) is 4.47. The minimum absolute atomic E-state index is 0.0491. The van der Waals surface area contributed by atoms with Gasteiger partial charge in [0, 0.05) is 13.1 Å². The Bertz CT molecular complexity index is 817. The van der Waals surface area contributed by atoms with E-state index in [1.807, 2.05) is 0 Å². The van der Waals surface area contributed by atoms with Gasteiger partial charge in [-0.1, -0.05) is 23.8 Å². The summed E-state index contributed by atoms with van der Waals surface area (Å²) in [5, 5.41) is 2.95. The van der Waals surface area contributed by atoms with Crippen LogP contribution in [0.5, 0.6) is 0 Å². The van der Waals surface area contributed by atoms with Gasteiger partial charge in [0.2, 0.25) is 11.8 Å². The molecule has 0 bridgehead atoms. The van der Waals surface area contributed by atoms with Crippen LogP contribution in [0.15, 0.2) is 35.9 Å². The molecule has 0 radical (unpaired) electrons. The minimum Gasteiger partial charge on any atom is -0.354 e. The highest BCUT2D eigenvalue weighted by Crippen LogP contribution is 2.32. The molecule has 3 aliphatic rings. The number of allylic oxidation sites excluding steroid dienone is 1. The number of nitrogens with zero attached hydrogens (tertiary/aromatic N) is 2. The van der Waals surface area contributed by atoms with Crippen molar-refractivity contribution in [3.63, 3.8) is 0 Å². The van der Waals surface area contributed by atoms with Gasteiger partial charge in [0.15, 0.2) is 0 Å². The van der Waals surface area contributed by atoms with Crippen LogP contribution in [-0.4, -0.2) is 48.3 Å². The second kappa shape index (κ2) is 8.17. The van der Waals surface area contributed by atoms with Gasteiger partial charge in [0.25, 0.3) is 5.91 Å². The van der Waals surface area contributed by atoms with Gasteiger partial charge in [-0.15, -0.1) is 0 Å². The third kappa shape index (κ3) is 3.68. The Labute approximate surface area is 165 Å². The Morgan fingerprint density at radius 3 is 2.82 bits per heavy atom. The molecule has 3 amide bonds. The summed E-state index contributed by atoms with van der Waals surface area (Å²) in [4.78, 5) is 41.7. The first-order valence-corrected chi connectivity index (χ1v) is 10.3. The molecular weight excluding hydrogens is 354 g/mol. The standard InChI is InChI=1S/C22H27N3O3/c26-20(23-13-12-16-7-2-1-3-8-16)15-25-18-10-5-4-9-17(18)21(27)24-14-6-11-19(24)22(25)28/h4-5,7,9-10,19H,1-3,6,8,11-15H2,(H,23,26)/t19-/m1/s1. The van der Waals surface area contributed by atoms with Crippen LogP contribution in [0.2, 0.25) is 0 Å². The monoisotopic (exact) mass is 381 g/mol. The van der Waals surface area contributed by atoms with E-state index in [9.17, 15) is 14.4 Å². The van der Waals surface area contributed by atoms with Crippen LogP contribution in [0.1, 0.15) is 55.3 Å². The van der Waals surface area contributed by atoms with E-state index < -0.39 is 6.04 Å². The number of anilines is 1. The minimum atomic E-state index is -0.458. The van der Waals surface area contributed by atoms with Gasteiger partial charge >= 0.3 is 0 Å². The molecule has 0 aromatic heterocycles. The predicted molar refractivity (Wildman–Crippen MR) is 107 cm³/mol. The number of fused-ring (bicyclic) bond motifs is 2. The van der Waals surface area contributed by atoms with Crippen LogP contribution >= 0.6 is 0 Å². The largest absolute Gasteiger partial charge is 0.354 e. The molecule has 4 rings (SSSR count). The van der Waals surface area contributed by atoms with Crippen LogP contribution < -0.4 is 10.2 Å². The molecule has 6 nitrogen and oxygen atoms in total. The molecule has 1 aromatic carbocycles. The second-order valence-corrected chi connectivity index (χ2v) is 7.81. The van der Waals surface area contributed by atoms with Crippen molar-refractivity contribution in [1.82, 2.24) is 10.2 Å². The van der Waals surface area contributed by atoms with Crippen molar-refractivity contribution in [3.8, 4) is 0 Å². The lowest BCUT2D eigenvalue weighted by molar-refractivity contribution is -0.125. The third-order valence-electron chi connectivity index (χ3n) is 5.95. The normalized spacial score (nSPS) is 21.7. The van der Waals surface area contributed by atoms with Crippen molar-refractivity contribution in [2.24, 2.45) is 0 Å². The number of rotatable bonds is 5. The highest BCUT2D eigenvalue weighted by Gasteiger charge is 2.42. The smallest absolute Gasteiger partial charge is 0.256 e. The Morgan fingerprint density at radius 2 is 2.00 bits per heavy atom. The Kier molecular flexibility index (Phi) is 5.46. The van der Waals surface area contributed by atoms with Gasteiger partial charge in [-0.2, -0.15) is 0 Å². The van der Waals surface area contributed by atoms with Gasteiger partial charge in [-0.05, 0) is 57.1 Å². The topological polar surface area (TPSA) is 69.7 Å². The second-order valence-electron chi connectivity index (χ2n) is 7.81. The molecule has 1 fully saturated rings.